The number of allylic oxidation sites excluding steroid dienone is 2. The highest BCUT2D eigenvalue weighted by molar-refractivity contribution is 9.10. The van der Waals surface area contributed by atoms with Crippen LogP contribution in [0.4, 0.5) is 5.69 Å². The largest absolute Gasteiger partial charge is 0.507 e. The Balaban J connectivity index is 1.53. The van der Waals surface area contributed by atoms with Crippen LogP contribution in [-0.4, -0.2) is 72.1 Å². The Hall–Kier alpha value is -3.13. The third-order valence-electron chi connectivity index (χ3n) is 9.08. The maximum atomic E-state index is 14.1. The van der Waals surface area contributed by atoms with Gasteiger partial charge in [-0.2, -0.15) is 0 Å². The molecule has 1 saturated carbocycles. The molecular formula is C29H22Br2Cl2N2O9. The summed E-state index contributed by atoms with van der Waals surface area (Å²) in [4.78, 5) is 64.5. The van der Waals surface area contributed by atoms with Gasteiger partial charge in [0, 0.05) is 22.0 Å². The van der Waals surface area contributed by atoms with Gasteiger partial charge in [-0.1, -0.05) is 43.5 Å². The number of carboxylic acids is 1. The number of halogens is 4. The monoisotopic (exact) mass is 770 g/mol. The van der Waals surface area contributed by atoms with Crippen molar-refractivity contribution in [2.75, 3.05) is 17.5 Å². The van der Waals surface area contributed by atoms with E-state index in [1.807, 2.05) is 0 Å². The van der Waals surface area contributed by atoms with Gasteiger partial charge in [0.05, 0.1) is 30.1 Å². The molecule has 11 nitrogen and oxygen atoms in total. The molecule has 6 atom stereocenters. The fourth-order valence-corrected chi connectivity index (χ4v) is 9.03. The number of benzene rings is 2. The number of amides is 4. The summed E-state index contributed by atoms with van der Waals surface area (Å²) in [6.07, 6.45) is 1.50. The van der Waals surface area contributed by atoms with Gasteiger partial charge in [-0.3, -0.25) is 24.1 Å². The number of anilines is 1. The van der Waals surface area contributed by atoms with Crippen LogP contribution in [0.15, 0.2) is 46.5 Å². The Bertz CT molecular complexity index is 1730. The number of carbonyl (C=O) groups excluding carboxylic acids is 4. The minimum absolute atomic E-state index is 0.0231. The molecule has 3 N–H and O–H groups in total. The second-order valence-electron chi connectivity index (χ2n) is 11.1. The Kier molecular flexibility index (Phi) is 7.34. The van der Waals surface area contributed by atoms with Crippen LogP contribution in [0.5, 0.6) is 17.2 Å². The quantitative estimate of drug-likeness (QED) is 0.172. The molecule has 0 unspecified atom stereocenters. The molecule has 0 bridgehead atoms. The summed E-state index contributed by atoms with van der Waals surface area (Å²) in [5, 5.41) is 30.9. The number of alkyl halides is 3. The number of methoxy groups -OCH3 is 1. The van der Waals surface area contributed by atoms with Crippen LogP contribution in [0.1, 0.15) is 34.7 Å². The molecule has 2 aliphatic heterocycles. The molecule has 44 heavy (non-hydrogen) atoms. The number of imide groups is 2. The molecule has 2 aromatic rings. The van der Waals surface area contributed by atoms with Gasteiger partial charge < -0.3 is 20.1 Å². The van der Waals surface area contributed by atoms with E-state index in [0.29, 0.717) is 10.0 Å². The predicted octanol–water partition coefficient (Wildman–Crippen LogP) is 4.48. The van der Waals surface area contributed by atoms with Crippen molar-refractivity contribution in [3.8, 4) is 17.2 Å². The van der Waals surface area contributed by atoms with Crippen LogP contribution < -0.4 is 9.64 Å². The zero-order chi connectivity index (χ0) is 32.0. The summed E-state index contributed by atoms with van der Waals surface area (Å²) in [7, 11) is 1.34. The molecule has 6 rings (SSSR count). The maximum absolute atomic E-state index is 14.1. The molecule has 2 heterocycles. The number of carboxylic acid groups (broad SMARTS) is 1. The van der Waals surface area contributed by atoms with E-state index in [1.54, 1.807) is 6.08 Å². The van der Waals surface area contributed by atoms with Crippen molar-refractivity contribution in [2.24, 2.45) is 17.8 Å². The average molecular weight is 773 g/mol. The lowest BCUT2D eigenvalue weighted by Crippen LogP contribution is -2.60. The number of aromatic carboxylic acids is 1. The number of phenols is 2. The van der Waals surface area contributed by atoms with Gasteiger partial charge in [-0.05, 0) is 43.0 Å². The van der Waals surface area contributed by atoms with E-state index in [2.05, 4.69) is 31.9 Å². The van der Waals surface area contributed by atoms with E-state index in [9.17, 15) is 39.3 Å². The van der Waals surface area contributed by atoms with Gasteiger partial charge in [0.25, 0.3) is 11.8 Å². The summed E-state index contributed by atoms with van der Waals surface area (Å²) in [5.74, 6) is -9.11. The highest BCUT2D eigenvalue weighted by Crippen LogP contribution is 2.66. The van der Waals surface area contributed by atoms with Crippen molar-refractivity contribution >= 4 is 90.3 Å². The number of carbonyl (C=O) groups is 5. The first-order valence-electron chi connectivity index (χ1n) is 13.2. The highest BCUT2D eigenvalue weighted by atomic mass is 79.9. The minimum atomic E-state index is -2.12. The van der Waals surface area contributed by atoms with E-state index >= 15 is 0 Å². The van der Waals surface area contributed by atoms with Gasteiger partial charge >= 0.3 is 5.97 Å². The number of aromatic hydroxyl groups is 2. The lowest BCUT2D eigenvalue weighted by atomic mass is 9.56. The first-order chi connectivity index (χ1) is 20.7. The molecule has 4 amide bonds. The zero-order valence-corrected chi connectivity index (χ0v) is 27.3. The number of likely N-dealkylation sites (tertiary alicyclic amines) is 1. The van der Waals surface area contributed by atoms with Crippen molar-refractivity contribution in [1.29, 1.82) is 0 Å². The van der Waals surface area contributed by atoms with Gasteiger partial charge in [-0.15, -0.1) is 23.2 Å². The third kappa shape index (κ3) is 3.95. The van der Waals surface area contributed by atoms with Crippen molar-refractivity contribution in [3.63, 3.8) is 0 Å². The second-order valence-corrected chi connectivity index (χ2v) is 13.7. The molecule has 0 radical (unpaired) electrons. The van der Waals surface area contributed by atoms with E-state index in [-0.39, 0.29) is 41.0 Å². The molecule has 2 aliphatic carbocycles. The van der Waals surface area contributed by atoms with Crippen LogP contribution in [0.25, 0.3) is 0 Å². The summed E-state index contributed by atoms with van der Waals surface area (Å²) in [5.41, 5.74) is -0.0455. The maximum Gasteiger partial charge on any atom is 0.339 e. The Labute approximate surface area is 276 Å². The van der Waals surface area contributed by atoms with E-state index in [1.165, 1.54) is 25.3 Å². The third-order valence-corrected chi connectivity index (χ3v) is 11.5. The lowest BCUT2D eigenvalue weighted by molar-refractivity contribution is -0.138. The SMILES string of the molecule is COc1cc(Br)cc([C@H]2C3=CC[C@@H]4C(=O)N(c5ccc(C(=O)O)c(O)c5)C(=O)[C@@H]4[C@@H]3C[C@@]3(Cl)C(=O)N(CBr)C(=O)[C@@]23Cl)c1O. The lowest BCUT2D eigenvalue weighted by Gasteiger charge is -2.50. The Morgan fingerprint density at radius 3 is 2.39 bits per heavy atom. The molecule has 0 spiro atoms. The van der Waals surface area contributed by atoms with Crippen LogP contribution in [-0.2, 0) is 19.2 Å². The summed E-state index contributed by atoms with van der Waals surface area (Å²) >= 11 is 21.0. The summed E-state index contributed by atoms with van der Waals surface area (Å²) in [6, 6.07) is 6.41. The smallest absolute Gasteiger partial charge is 0.339 e. The van der Waals surface area contributed by atoms with Crippen molar-refractivity contribution in [3.05, 3.63) is 57.6 Å². The van der Waals surface area contributed by atoms with Crippen LogP contribution in [0, 0.1) is 17.8 Å². The van der Waals surface area contributed by atoms with E-state index in [4.69, 9.17) is 27.9 Å². The van der Waals surface area contributed by atoms with Gasteiger partial charge in [-0.25, -0.2) is 9.69 Å². The molecule has 3 fully saturated rings. The number of hydrogen-bond donors (Lipinski definition) is 3. The number of ether oxygens (including phenoxy) is 1. The van der Waals surface area contributed by atoms with E-state index < -0.39 is 74.3 Å². The summed E-state index contributed by atoms with van der Waals surface area (Å²) < 4.78 is 5.81. The van der Waals surface area contributed by atoms with Gasteiger partial charge in [0.2, 0.25) is 11.8 Å². The predicted molar refractivity (Wildman–Crippen MR) is 163 cm³/mol. The fourth-order valence-electron chi connectivity index (χ4n) is 7.16. The zero-order valence-electron chi connectivity index (χ0n) is 22.6. The molecule has 15 heteroatoms. The number of phenolic OH excluding ortho intramolecular Hbond substituents is 1. The van der Waals surface area contributed by atoms with Crippen molar-refractivity contribution < 1.29 is 44.0 Å². The minimum Gasteiger partial charge on any atom is -0.507 e. The first kappa shape index (κ1) is 30.9. The number of hydrogen-bond acceptors (Lipinski definition) is 8. The van der Waals surface area contributed by atoms with Crippen molar-refractivity contribution in [2.45, 2.75) is 28.5 Å². The topological polar surface area (TPSA) is 162 Å². The Morgan fingerprint density at radius 2 is 1.77 bits per heavy atom. The molecule has 2 aromatic carbocycles. The van der Waals surface area contributed by atoms with Crippen LogP contribution in [0.2, 0.25) is 0 Å². The van der Waals surface area contributed by atoms with Gasteiger partial charge in [0.15, 0.2) is 21.2 Å². The summed E-state index contributed by atoms with van der Waals surface area (Å²) in [6.45, 7) is 0. The molecule has 4 aliphatic rings. The standard InChI is InChI=1S/C29H22Br2Cl2N2O9/c1-44-19-7-11(31)6-16(22(19)37)21-13-4-5-15-20(17(13)9-28(32)26(42)34(10-30)27(43)29(21,28)33)24(39)35(23(15)38)12-2-3-14(25(40)41)18(36)8-12/h2-4,6-8,15,17,20-21,36-37H,5,9-10H2,1H3,(H,40,41)/t15-,17+,20-,21+,28+,29-/m0/s1. The molecular weight excluding hydrogens is 751 g/mol. The Morgan fingerprint density at radius 1 is 1.07 bits per heavy atom. The molecule has 0 aromatic heterocycles. The van der Waals surface area contributed by atoms with Crippen LogP contribution in [0.3, 0.4) is 0 Å². The molecule has 2 saturated heterocycles. The molecule has 230 valence electrons. The van der Waals surface area contributed by atoms with Crippen LogP contribution >= 0.6 is 55.1 Å². The number of fused-ring (bicyclic) bond motifs is 4. The number of rotatable bonds is 5. The van der Waals surface area contributed by atoms with Gasteiger partial charge in [0.1, 0.15) is 11.3 Å². The number of nitrogens with zero attached hydrogens (tertiary/aromatic N) is 2. The highest BCUT2D eigenvalue weighted by Gasteiger charge is 2.76. The normalized spacial score (nSPS) is 31.1. The fraction of sp³-hybridized carbons (Fsp3) is 0.345. The average Bonchev–Trinajstić information content (AvgIpc) is 3.31. The second kappa shape index (κ2) is 10.5. The van der Waals surface area contributed by atoms with Crippen molar-refractivity contribution in [1.82, 2.24) is 4.90 Å². The van der Waals surface area contributed by atoms with E-state index in [0.717, 1.165) is 21.9 Å². The first-order valence-corrected chi connectivity index (χ1v) is 15.9.